The third kappa shape index (κ3) is 3.69. The molecule has 6 nitrogen and oxygen atoms in total. The first-order valence-electron chi connectivity index (χ1n) is 7.48. The van der Waals surface area contributed by atoms with E-state index in [1.54, 1.807) is 4.40 Å². The lowest BCUT2D eigenvalue weighted by Crippen LogP contribution is -2.28. The summed E-state index contributed by atoms with van der Waals surface area (Å²) in [6.07, 6.45) is -0.197. The maximum atomic E-state index is 12.2. The molecule has 122 valence electrons. The Morgan fingerprint density at radius 2 is 2.13 bits per heavy atom. The summed E-state index contributed by atoms with van der Waals surface area (Å²) < 4.78 is 8.43. The Morgan fingerprint density at radius 1 is 1.35 bits per heavy atom. The average Bonchev–Trinajstić information content (AvgIpc) is 3.06. The first-order chi connectivity index (χ1) is 11.1. The Labute approximate surface area is 137 Å². The number of hydrogen-bond donors (Lipinski definition) is 1. The van der Waals surface area contributed by atoms with Gasteiger partial charge in [0.05, 0.1) is 19.3 Å². The summed E-state index contributed by atoms with van der Waals surface area (Å²) in [6.45, 7) is 3.01. The van der Waals surface area contributed by atoms with Crippen LogP contribution in [0, 0.1) is 6.92 Å². The zero-order chi connectivity index (χ0) is 16.2. The zero-order valence-corrected chi connectivity index (χ0v) is 13.7. The average molecular weight is 333 g/mol. The number of aliphatic hydroxyl groups is 1. The van der Waals surface area contributed by atoms with Gasteiger partial charge in [-0.15, -0.1) is 16.4 Å². The molecule has 0 aliphatic heterocycles. The quantitative estimate of drug-likeness (QED) is 0.670. The third-order valence-corrected chi connectivity index (χ3v) is 4.52. The highest BCUT2D eigenvalue weighted by molar-refractivity contribution is 7.15. The van der Waals surface area contributed by atoms with Crippen molar-refractivity contribution in [2.45, 2.75) is 32.6 Å². The van der Waals surface area contributed by atoms with Gasteiger partial charge >= 0.3 is 5.69 Å². The van der Waals surface area contributed by atoms with E-state index in [1.807, 2.05) is 42.6 Å². The van der Waals surface area contributed by atoms with Crippen molar-refractivity contribution in [3.63, 3.8) is 0 Å². The molecule has 23 heavy (non-hydrogen) atoms. The molecule has 0 bridgehead atoms. The molecule has 0 spiro atoms. The van der Waals surface area contributed by atoms with E-state index in [0.717, 1.165) is 11.3 Å². The summed E-state index contributed by atoms with van der Waals surface area (Å²) in [4.78, 5) is 12.8. The van der Waals surface area contributed by atoms with Gasteiger partial charge in [0.25, 0.3) is 0 Å². The summed E-state index contributed by atoms with van der Waals surface area (Å²) in [7, 11) is 0. The summed E-state index contributed by atoms with van der Waals surface area (Å²) in [5.74, 6) is 0. The minimum absolute atomic E-state index is 0.182. The monoisotopic (exact) mass is 333 g/mol. The van der Waals surface area contributed by atoms with Crippen molar-refractivity contribution < 1.29 is 9.84 Å². The molecule has 2 aromatic heterocycles. The molecule has 1 N–H and O–H groups in total. The van der Waals surface area contributed by atoms with Crippen LogP contribution >= 0.6 is 11.3 Å². The van der Waals surface area contributed by atoms with E-state index < -0.39 is 6.10 Å². The molecule has 0 amide bonds. The van der Waals surface area contributed by atoms with E-state index in [9.17, 15) is 9.90 Å². The molecule has 2 heterocycles. The van der Waals surface area contributed by atoms with Gasteiger partial charge in [-0.3, -0.25) is 0 Å². The summed E-state index contributed by atoms with van der Waals surface area (Å²) in [5.41, 5.74) is 1.76. The first-order valence-corrected chi connectivity index (χ1v) is 8.36. The number of fused-ring (bicyclic) bond motifs is 1. The number of benzene rings is 1. The molecule has 1 atom stereocenters. The van der Waals surface area contributed by atoms with Crippen LogP contribution in [0.25, 0.3) is 4.96 Å². The molecule has 0 aliphatic carbocycles. The Hall–Kier alpha value is -1.96. The van der Waals surface area contributed by atoms with Gasteiger partial charge in [0.1, 0.15) is 0 Å². The number of thiazole rings is 1. The number of hydrogen-bond acceptors (Lipinski definition) is 5. The number of ether oxygens (including phenoxy) is 1. The summed E-state index contributed by atoms with van der Waals surface area (Å²) in [5, 5.41) is 16.2. The first kappa shape index (κ1) is 15.9. The molecule has 1 aromatic carbocycles. The summed E-state index contributed by atoms with van der Waals surface area (Å²) >= 11 is 1.42. The SMILES string of the molecule is Cc1csc2nn(C[C@@H](O)CCOCc3ccccc3)c(=O)n12. The molecule has 0 aliphatic rings. The maximum Gasteiger partial charge on any atom is 0.351 e. The van der Waals surface area contributed by atoms with Gasteiger partial charge in [0.15, 0.2) is 0 Å². The Morgan fingerprint density at radius 3 is 2.87 bits per heavy atom. The van der Waals surface area contributed by atoms with Gasteiger partial charge in [0, 0.05) is 17.7 Å². The van der Waals surface area contributed by atoms with Crippen molar-refractivity contribution in [3.8, 4) is 0 Å². The van der Waals surface area contributed by atoms with E-state index in [2.05, 4.69) is 5.10 Å². The fraction of sp³-hybridized carbons (Fsp3) is 0.375. The highest BCUT2D eigenvalue weighted by atomic mass is 32.1. The maximum absolute atomic E-state index is 12.2. The van der Waals surface area contributed by atoms with Crippen molar-refractivity contribution in [1.29, 1.82) is 0 Å². The lowest BCUT2D eigenvalue weighted by molar-refractivity contribution is 0.0643. The van der Waals surface area contributed by atoms with Crippen LogP contribution in [-0.2, 0) is 17.9 Å². The normalized spacial score (nSPS) is 12.8. The van der Waals surface area contributed by atoms with Gasteiger partial charge in [0.2, 0.25) is 4.96 Å². The van der Waals surface area contributed by atoms with Gasteiger partial charge in [-0.2, -0.15) is 0 Å². The molecule has 0 saturated carbocycles. The second-order valence-electron chi connectivity index (χ2n) is 5.44. The number of aryl methyl sites for hydroxylation is 1. The van der Waals surface area contributed by atoms with Crippen LogP contribution in [0.2, 0.25) is 0 Å². The Bertz CT molecular complexity index is 822. The van der Waals surface area contributed by atoms with Crippen molar-refractivity contribution in [2.75, 3.05) is 6.61 Å². The molecule has 0 radical (unpaired) electrons. The van der Waals surface area contributed by atoms with Crippen molar-refractivity contribution in [3.05, 3.63) is 57.5 Å². The summed E-state index contributed by atoms with van der Waals surface area (Å²) in [6, 6.07) is 9.88. The van der Waals surface area contributed by atoms with Gasteiger partial charge in [-0.1, -0.05) is 30.3 Å². The number of aliphatic hydroxyl groups excluding tert-OH is 1. The van der Waals surface area contributed by atoms with Crippen LogP contribution in [-0.4, -0.2) is 32.0 Å². The van der Waals surface area contributed by atoms with Crippen LogP contribution in [0.1, 0.15) is 17.7 Å². The van der Waals surface area contributed by atoms with Crippen molar-refractivity contribution >= 4 is 16.3 Å². The second kappa shape index (κ2) is 7.08. The van der Waals surface area contributed by atoms with Crippen LogP contribution in [0.15, 0.2) is 40.5 Å². The van der Waals surface area contributed by atoms with E-state index in [4.69, 9.17) is 4.74 Å². The van der Waals surface area contributed by atoms with Gasteiger partial charge in [-0.05, 0) is 18.9 Å². The predicted octanol–water partition coefficient (Wildman–Crippen LogP) is 1.83. The molecule has 3 rings (SSSR count). The molecule has 0 saturated heterocycles. The van der Waals surface area contributed by atoms with E-state index in [-0.39, 0.29) is 12.2 Å². The van der Waals surface area contributed by atoms with Gasteiger partial charge in [-0.25, -0.2) is 13.9 Å². The molecule has 3 aromatic rings. The van der Waals surface area contributed by atoms with E-state index >= 15 is 0 Å². The van der Waals surface area contributed by atoms with Crippen molar-refractivity contribution in [1.82, 2.24) is 14.2 Å². The number of aromatic nitrogens is 3. The fourth-order valence-corrected chi connectivity index (χ4v) is 3.20. The molecular weight excluding hydrogens is 314 g/mol. The molecule has 0 fully saturated rings. The Balaban J connectivity index is 1.50. The minimum Gasteiger partial charge on any atom is -0.391 e. The topological polar surface area (TPSA) is 68.8 Å². The lowest BCUT2D eigenvalue weighted by Gasteiger charge is -2.10. The van der Waals surface area contributed by atoms with Crippen molar-refractivity contribution in [2.24, 2.45) is 0 Å². The van der Waals surface area contributed by atoms with Crippen LogP contribution in [0.5, 0.6) is 0 Å². The number of rotatable bonds is 7. The fourth-order valence-electron chi connectivity index (χ4n) is 2.35. The zero-order valence-electron chi connectivity index (χ0n) is 12.9. The van der Waals surface area contributed by atoms with Gasteiger partial charge < -0.3 is 9.84 Å². The highest BCUT2D eigenvalue weighted by Crippen LogP contribution is 2.11. The smallest absolute Gasteiger partial charge is 0.351 e. The number of nitrogens with zero attached hydrogens (tertiary/aromatic N) is 3. The largest absolute Gasteiger partial charge is 0.391 e. The van der Waals surface area contributed by atoms with Crippen LogP contribution in [0.3, 0.4) is 0 Å². The predicted molar refractivity (Wildman–Crippen MR) is 88.8 cm³/mol. The molecule has 0 unspecified atom stereocenters. The van der Waals surface area contributed by atoms with Crippen LogP contribution in [0.4, 0.5) is 0 Å². The second-order valence-corrected chi connectivity index (χ2v) is 6.28. The van der Waals surface area contributed by atoms with E-state index in [0.29, 0.717) is 24.6 Å². The van der Waals surface area contributed by atoms with E-state index in [1.165, 1.54) is 16.0 Å². The van der Waals surface area contributed by atoms with Crippen LogP contribution < -0.4 is 5.69 Å². The minimum atomic E-state index is -0.659. The molecule has 7 heteroatoms. The third-order valence-electron chi connectivity index (χ3n) is 3.59. The Kier molecular flexibility index (Phi) is 4.90. The lowest BCUT2D eigenvalue weighted by atomic mass is 10.2. The molecular formula is C16H19N3O3S. The highest BCUT2D eigenvalue weighted by Gasteiger charge is 2.13. The standard InChI is InChI=1S/C16H19N3O3S/c1-12-11-23-15-17-18(16(21)19(12)15)9-14(20)7-8-22-10-13-5-3-2-4-6-13/h2-6,11,14,20H,7-10H2,1H3/t14-/m0/s1.